The van der Waals surface area contributed by atoms with Crippen molar-refractivity contribution < 1.29 is 14.3 Å². The van der Waals surface area contributed by atoms with Crippen LogP contribution in [0.5, 0.6) is 0 Å². The van der Waals surface area contributed by atoms with Gasteiger partial charge in [-0.3, -0.25) is 4.79 Å². The lowest BCUT2D eigenvalue weighted by Crippen LogP contribution is -2.38. The Labute approximate surface area is 157 Å². The van der Waals surface area contributed by atoms with E-state index >= 15 is 0 Å². The normalized spacial score (nSPS) is 17.8. The van der Waals surface area contributed by atoms with Crippen molar-refractivity contribution in [1.29, 1.82) is 0 Å². The number of hydrogen-bond acceptors (Lipinski definition) is 4. The highest BCUT2D eigenvalue weighted by Crippen LogP contribution is 2.37. The molecule has 1 aliphatic carbocycles. The topological polar surface area (TPSA) is 51.5 Å². The van der Waals surface area contributed by atoms with Crippen LogP contribution in [0.25, 0.3) is 5.00 Å². The molecule has 0 unspecified atom stereocenters. The molecular weight excluding hydrogens is 348 g/mol. The minimum absolute atomic E-state index is 0.0811. The Morgan fingerprint density at radius 1 is 1.08 bits per heavy atom. The van der Waals surface area contributed by atoms with Crippen molar-refractivity contribution in [2.24, 2.45) is 0 Å². The van der Waals surface area contributed by atoms with Gasteiger partial charge in [-0.25, -0.2) is 4.79 Å². The van der Waals surface area contributed by atoms with Crippen molar-refractivity contribution in [2.75, 3.05) is 13.1 Å². The lowest BCUT2D eigenvalue weighted by Gasteiger charge is -2.21. The van der Waals surface area contributed by atoms with Gasteiger partial charge in [0.15, 0.2) is 6.10 Å². The molecule has 1 atom stereocenters. The largest absolute Gasteiger partial charge is 0.449 e. The Bertz CT molecular complexity index is 803. The van der Waals surface area contributed by atoms with Gasteiger partial charge in [-0.1, -0.05) is 0 Å². The van der Waals surface area contributed by atoms with Crippen LogP contribution >= 0.6 is 11.3 Å². The van der Waals surface area contributed by atoms with Crippen molar-refractivity contribution in [3.05, 3.63) is 40.5 Å². The number of aryl methyl sites for hydroxylation is 1. The highest BCUT2D eigenvalue weighted by Gasteiger charge is 2.31. The van der Waals surface area contributed by atoms with Crippen LogP contribution in [0.2, 0.25) is 0 Å². The maximum absolute atomic E-state index is 13.0. The Balaban J connectivity index is 1.60. The minimum atomic E-state index is -0.739. The molecule has 1 amide bonds. The molecule has 26 heavy (non-hydrogen) atoms. The molecule has 0 bridgehead atoms. The Morgan fingerprint density at radius 2 is 1.77 bits per heavy atom. The molecule has 1 saturated heterocycles. The summed E-state index contributed by atoms with van der Waals surface area (Å²) in [7, 11) is 0. The number of rotatable bonds is 4. The van der Waals surface area contributed by atoms with E-state index < -0.39 is 6.10 Å². The van der Waals surface area contributed by atoms with Gasteiger partial charge in [0, 0.05) is 30.4 Å². The van der Waals surface area contributed by atoms with Gasteiger partial charge in [-0.15, -0.1) is 11.3 Å². The van der Waals surface area contributed by atoms with E-state index in [1.807, 2.05) is 29.1 Å². The van der Waals surface area contributed by atoms with E-state index in [2.05, 4.69) is 0 Å². The number of likely N-dealkylation sites (tertiary alicyclic amines) is 1. The summed E-state index contributed by atoms with van der Waals surface area (Å²) in [6, 6.07) is 3.90. The number of ether oxygens (including phenoxy) is 1. The number of aromatic nitrogens is 1. The van der Waals surface area contributed by atoms with Crippen molar-refractivity contribution >= 4 is 23.2 Å². The molecule has 0 spiro atoms. The van der Waals surface area contributed by atoms with Crippen LogP contribution in [-0.2, 0) is 22.4 Å². The Hall–Kier alpha value is -2.08. The van der Waals surface area contributed by atoms with Crippen molar-refractivity contribution in [3.63, 3.8) is 0 Å². The van der Waals surface area contributed by atoms with Gasteiger partial charge in [0.25, 0.3) is 5.91 Å². The summed E-state index contributed by atoms with van der Waals surface area (Å²) in [6.45, 7) is 3.22. The fraction of sp³-hybridized carbons (Fsp3) is 0.500. The van der Waals surface area contributed by atoms with Gasteiger partial charge < -0.3 is 14.2 Å². The maximum Gasteiger partial charge on any atom is 0.342 e. The summed E-state index contributed by atoms with van der Waals surface area (Å²) in [5, 5.41) is 0.910. The van der Waals surface area contributed by atoms with E-state index in [4.69, 9.17) is 4.74 Å². The first kappa shape index (κ1) is 17.3. The number of nitrogens with zero attached hydrogens (tertiary/aromatic N) is 2. The summed E-state index contributed by atoms with van der Waals surface area (Å²) < 4.78 is 7.62. The van der Waals surface area contributed by atoms with Gasteiger partial charge in [-0.2, -0.15) is 0 Å². The van der Waals surface area contributed by atoms with Crippen molar-refractivity contribution in [2.45, 2.75) is 51.6 Å². The second kappa shape index (κ2) is 7.27. The van der Waals surface area contributed by atoms with E-state index in [1.165, 1.54) is 4.88 Å². The van der Waals surface area contributed by atoms with Crippen LogP contribution < -0.4 is 0 Å². The van der Waals surface area contributed by atoms with Crippen LogP contribution in [0.3, 0.4) is 0 Å². The maximum atomic E-state index is 13.0. The SMILES string of the molecule is C[C@H](OC(=O)c1c(-n2cccc2)sc2c1CCCC2)C(=O)N1CCCC1. The summed E-state index contributed by atoms with van der Waals surface area (Å²) in [6.07, 6.45) is 9.41. The predicted octanol–water partition coefficient (Wildman–Crippen LogP) is 3.59. The molecule has 5 nitrogen and oxygen atoms in total. The molecule has 0 saturated carbocycles. The van der Waals surface area contributed by atoms with Crippen LogP contribution in [-0.4, -0.2) is 40.5 Å². The van der Waals surface area contributed by atoms with E-state index in [-0.39, 0.29) is 11.9 Å². The molecule has 2 aromatic rings. The first-order valence-corrected chi connectivity index (χ1v) is 10.2. The first-order chi connectivity index (χ1) is 12.6. The molecule has 2 aromatic heterocycles. The average molecular weight is 372 g/mol. The second-order valence-electron chi connectivity index (χ2n) is 7.06. The molecule has 2 aliphatic rings. The van der Waals surface area contributed by atoms with Crippen LogP contribution in [0, 0.1) is 0 Å². The van der Waals surface area contributed by atoms with Gasteiger partial charge in [-0.05, 0) is 63.1 Å². The number of fused-ring (bicyclic) bond motifs is 1. The monoisotopic (exact) mass is 372 g/mol. The first-order valence-electron chi connectivity index (χ1n) is 9.43. The minimum Gasteiger partial charge on any atom is -0.449 e. The third-order valence-electron chi connectivity index (χ3n) is 5.25. The standard InChI is InChI=1S/C20H24N2O3S/c1-14(18(23)21-10-4-5-11-21)25-20(24)17-15-8-2-3-9-16(15)26-19(17)22-12-6-7-13-22/h6-7,12-14H,2-5,8-11H2,1H3/t14-/m0/s1. The zero-order valence-corrected chi connectivity index (χ0v) is 15.9. The predicted molar refractivity (Wildman–Crippen MR) is 101 cm³/mol. The zero-order valence-electron chi connectivity index (χ0n) is 15.1. The van der Waals surface area contributed by atoms with Gasteiger partial charge in [0.2, 0.25) is 0 Å². The molecule has 0 N–H and O–H groups in total. The van der Waals surface area contributed by atoms with Crippen LogP contribution in [0.1, 0.15) is 53.4 Å². The Kier molecular flexibility index (Phi) is 4.85. The highest BCUT2D eigenvalue weighted by atomic mass is 32.1. The smallest absolute Gasteiger partial charge is 0.342 e. The van der Waals surface area contributed by atoms with Crippen LogP contribution in [0.4, 0.5) is 0 Å². The average Bonchev–Trinajstić information content (AvgIpc) is 3.40. The lowest BCUT2D eigenvalue weighted by atomic mass is 9.95. The van der Waals surface area contributed by atoms with Gasteiger partial charge >= 0.3 is 5.97 Å². The van der Waals surface area contributed by atoms with Crippen LogP contribution in [0.15, 0.2) is 24.5 Å². The second-order valence-corrected chi connectivity index (χ2v) is 8.14. The van der Waals surface area contributed by atoms with Crippen molar-refractivity contribution in [1.82, 2.24) is 9.47 Å². The quantitative estimate of drug-likeness (QED) is 0.771. The molecule has 4 rings (SSSR count). The fourth-order valence-corrected chi connectivity index (χ4v) is 5.22. The molecule has 0 radical (unpaired) electrons. The molecular formula is C20H24N2O3S. The summed E-state index contributed by atoms with van der Waals surface area (Å²) in [5.41, 5.74) is 1.78. The van der Waals surface area contributed by atoms with E-state index in [0.29, 0.717) is 5.56 Å². The lowest BCUT2D eigenvalue weighted by molar-refractivity contribution is -0.138. The summed E-state index contributed by atoms with van der Waals surface area (Å²) >= 11 is 1.68. The zero-order chi connectivity index (χ0) is 18.1. The fourth-order valence-electron chi connectivity index (χ4n) is 3.88. The Morgan fingerprint density at radius 3 is 2.50 bits per heavy atom. The number of esters is 1. The molecule has 0 aromatic carbocycles. The van der Waals surface area contributed by atoms with E-state index in [9.17, 15) is 9.59 Å². The van der Waals surface area contributed by atoms with Gasteiger partial charge in [0.1, 0.15) is 5.00 Å². The summed E-state index contributed by atoms with van der Waals surface area (Å²) in [5.74, 6) is -0.449. The molecule has 1 fully saturated rings. The summed E-state index contributed by atoms with van der Waals surface area (Å²) in [4.78, 5) is 28.6. The molecule has 3 heterocycles. The van der Waals surface area contributed by atoms with Crippen molar-refractivity contribution in [3.8, 4) is 5.00 Å². The molecule has 6 heteroatoms. The third-order valence-corrected chi connectivity index (χ3v) is 6.55. The number of amides is 1. The number of hydrogen-bond donors (Lipinski definition) is 0. The van der Waals surface area contributed by atoms with E-state index in [1.54, 1.807) is 23.2 Å². The molecule has 1 aliphatic heterocycles. The number of thiophene rings is 1. The van der Waals surface area contributed by atoms with Gasteiger partial charge in [0.05, 0.1) is 5.56 Å². The molecule has 138 valence electrons. The highest BCUT2D eigenvalue weighted by molar-refractivity contribution is 7.15. The van der Waals surface area contributed by atoms with E-state index in [0.717, 1.165) is 62.2 Å². The third kappa shape index (κ3) is 3.18. The number of carbonyl (C=O) groups excluding carboxylic acids is 2. The number of carbonyl (C=O) groups is 2.